The number of hydrogen-bond donors (Lipinski definition) is 1. The molecule has 2 rings (SSSR count). The van der Waals surface area contributed by atoms with Crippen LogP contribution >= 0.6 is 0 Å². The van der Waals surface area contributed by atoms with Gasteiger partial charge in [-0.1, -0.05) is 6.92 Å². The first kappa shape index (κ1) is 11.1. The Balaban J connectivity index is 2.00. The van der Waals surface area contributed by atoms with Gasteiger partial charge in [0.05, 0.1) is 0 Å². The van der Waals surface area contributed by atoms with E-state index in [1.54, 1.807) is 0 Å². The molecule has 1 aromatic heterocycles. The molecule has 0 amide bonds. The van der Waals surface area contributed by atoms with Gasteiger partial charge in [-0.2, -0.15) is 4.98 Å². The van der Waals surface area contributed by atoms with Gasteiger partial charge in [0.2, 0.25) is 5.89 Å². The topological polar surface area (TPSA) is 79.5 Å². The molecule has 1 saturated heterocycles. The highest BCUT2D eigenvalue weighted by molar-refractivity contribution is 5.82. The van der Waals surface area contributed by atoms with Crippen molar-refractivity contribution in [3.05, 3.63) is 11.7 Å². The van der Waals surface area contributed by atoms with Crippen molar-refractivity contribution < 1.29 is 14.4 Å². The Morgan fingerprint density at radius 1 is 1.56 bits per heavy atom. The number of aromatic nitrogens is 2. The number of carboxylic acid groups (broad SMARTS) is 1. The number of carbonyl (C=O) groups is 1. The summed E-state index contributed by atoms with van der Waals surface area (Å²) in [6.45, 7) is 5.20. The van der Waals surface area contributed by atoms with Gasteiger partial charge in [0.25, 0.3) is 5.82 Å². The van der Waals surface area contributed by atoms with E-state index in [1.807, 2.05) is 0 Å². The SMILES string of the molecule is CCN1CCC(c2nc(C(=O)O)no2)CC1. The van der Waals surface area contributed by atoms with E-state index in [0.29, 0.717) is 5.89 Å². The minimum Gasteiger partial charge on any atom is -0.475 e. The maximum Gasteiger partial charge on any atom is 0.377 e. The zero-order valence-corrected chi connectivity index (χ0v) is 9.22. The maximum absolute atomic E-state index is 10.6. The molecular formula is C10H15N3O3. The average Bonchev–Trinajstić information content (AvgIpc) is 2.78. The van der Waals surface area contributed by atoms with Gasteiger partial charge in [-0.15, -0.1) is 0 Å². The average molecular weight is 225 g/mol. The third-order valence-electron chi connectivity index (χ3n) is 3.02. The van der Waals surface area contributed by atoms with E-state index < -0.39 is 5.97 Å². The summed E-state index contributed by atoms with van der Waals surface area (Å²) in [5.74, 6) is -0.703. The van der Waals surface area contributed by atoms with Crippen LogP contribution in [0, 0.1) is 0 Å². The molecule has 1 aliphatic rings. The van der Waals surface area contributed by atoms with Gasteiger partial charge in [0.15, 0.2) is 0 Å². The van der Waals surface area contributed by atoms with Crippen LogP contribution in [-0.4, -0.2) is 45.8 Å². The molecule has 2 heterocycles. The number of rotatable bonds is 3. The van der Waals surface area contributed by atoms with Gasteiger partial charge in [-0.3, -0.25) is 0 Å². The van der Waals surface area contributed by atoms with Crippen LogP contribution in [0.25, 0.3) is 0 Å². The number of nitrogens with zero attached hydrogens (tertiary/aromatic N) is 3. The molecule has 0 atom stereocenters. The second-order valence-corrected chi connectivity index (χ2v) is 3.97. The van der Waals surface area contributed by atoms with Gasteiger partial charge in [-0.25, -0.2) is 4.79 Å². The minimum atomic E-state index is -1.14. The van der Waals surface area contributed by atoms with E-state index in [4.69, 9.17) is 9.63 Å². The van der Waals surface area contributed by atoms with Crippen LogP contribution in [0.5, 0.6) is 0 Å². The van der Waals surface area contributed by atoms with Gasteiger partial charge >= 0.3 is 5.97 Å². The molecule has 0 aliphatic carbocycles. The van der Waals surface area contributed by atoms with Crippen molar-refractivity contribution in [2.75, 3.05) is 19.6 Å². The van der Waals surface area contributed by atoms with E-state index >= 15 is 0 Å². The van der Waals surface area contributed by atoms with Crippen molar-refractivity contribution in [1.29, 1.82) is 0 Å². The summed E-state index contributed by atoms with van der Waals surface area (Å²) in [5.41, 5.74) is 0. The quantitative estimate of drug-likeness (QED) is 0.825. The van der Waals surface area contributed by atoms with Crippen molar-refractivity contribution in [2.45, 2.75) is 25.7 Å². The number of likely N-dealkylation sites (tertiary alicyclic amines) is 1. The van der Waals surface area contributed by atoms with Crippen LogP contribution in [-0.2, 0) is 0 Å². The van der Waals surface area contributed by atoms with Crippen LogP contribution in [0.15, 0.2) is 4.52 Å². The van der Waals surface area contributed by atoms with Gasteiger partial charge in [0, 0.05) is 5.92 Å². The normalized spacial score (nSPS) is 18.8. The van der Waals surface area contributed by atoms with Gasteiger partial charge in [-0.05, 0) is 37.6 Å². The Labute approximate surface area is 93.2 Å². The standard InChI is InChI=1S/C10H15N3O3/c1-2-13-5-3-7(4-6-13)9-11-8(10(14)15)12-16-9/h7H,2-6H2,1H3,(H,14,15). The summed E-state index contributed by atoms with van der Waals surface area (Å²) >= 11 is 0. The van der Waals surface area contributed by atoms with Crippen molar-refractivity contribution >= 4 is 5.97 Å². The first-order chi connectivity index (χ1) is 7.70. The lowest BCUT2D eigenvalue weighted by molar-refractivity contribution is 0.0680. The smallest absolute Gasteiger partial charge is 0.377 e. The van der Waals surface area contributed by atoms with Crippen LogP contribution < -0.4 is 0 Å². The monoisotopic (exact) mass is 225 g/mol. The van der Waals surface area contributed by atoms with E-state index in [1.165, 1.54) is 0 Å². The summed E-state index contributed by atoms with van der Waals surface area (Å²) in [5, 5.41) is 12.1. The molecule has 1 aliphatic heterocycles. The van der Waals surface area contributed by atoms with E-state index in [-0.39, 0.29) is 11.7 Å². The van der Waals surface area contributed by atoms with Crippen LogP contribution in [0.3, 0.4) is 0 Å². The summed E-state index contributed by atoms with van der Waals surface area (Å²) in [7, 11) is 0. The highest BCUT2D eigenvalue weighted by Crippen LogP contribution is 2.26. The zero-order chi connectivity index (χ0) is 11.5. The Morgan fingerprint density at radius 2 is 2.25 bits per heavy atom. The fourth-order valence-corrected chi connectivity index (χ4v) is 1.98. The summed E-state index contributed by atoms with van der Waals surface area (Å²) in [4.78, 5) is 16.8. The lowest BCUT2D eigenvalue weighted by Crippen LogP contribution is -2.32. The molecule has 6 heteroatoms. The van der Waals surface area contributed by atoms with Crippen LogP contribution in [0.1, 0.15) is 42.2 Å². The molecule has 0 radical (unpaired) electrons. The van der Waals surface area contributed by atoms with Crippen LogP contribution in [0.2, 0.25) is 0 Å². The molecule has 1 N–H and O–H groups in total. The molecule has 1 fully saturated rings. The van der Waals surface area contributed by atoms with Crippen molar-refractivity contribution in [3.8, 4) is 0 Å². The molecule has 0 bridgehead atoms. The third kappa shape index (κ3) is 2.21. The molecule has 0 aromatic carbocycles. The fraction of sp³-hybridized carbons (Fsp3) is 0.700. The van der Waals surface area contributed by atoms with E-state index in [2.05, 4.69) is 22.0 Å². The number of aromatic carboxylic acids is 1. The number of carboxylic acids is 1. The molecule has 88 valence electrons. The second kappa shape index (κ2) is 4.61. The van der Waals surface area contributed by atoms with Crippen LogP contribution in [0.4, 0.5) is 0 Å². The largest absolute Gasteiger partial charge is 0.475 e. The molecule has 6 nitrogen and oxygen atoms in total. The minimum absolute atomic E-state index is 0.211. The van der Waals surface area contributed by atoms with Gasteiger partial charge < -0.3 is 14.5 Å². The molecule has 0 spiro atoms. The summed E-state index contributed by atoms with van der Waals surface area (Å²) in [6.07, 6.45) is 1.91. The van der Waals surface area contributed by atoms with Gasteiger partial charge in [0.1, 0.15) is 0 Å². The maximum atomic E-state index is 10.6. The van der Waals surface area contributed by atoms with E-state index in [9.17, 15) is 4.79 Å². The summed E-state index contributed by atoms with van der Waals surface area (Å²) < 4.78 is 4.97. The Hall–Kier alpha value is -1.43. The predicted molar refractivity (Wildman–Crippen MR) is 55.3 cm³/mol. The summed E-state index contributed by atoms with van der Waals surface area (Å²) in [6, 6.07) is 0. The second-order valence-electron chi connectivity index (χ2n) is 3.97. The highest BCUT2D eigenvalue weighted by atomic mass is 16.5. The first-order valence-corrected chi connectivity index (χ1v) is 5.50. The zero-order valence-electron chi connectivity index (χ0n) is 9.22. The number of piperidine rings is 1. The first-order valence-electron chi connectivity index (χ1n) is 5.50. The third-order valence-corrected chi connectivity index (χ3v) is 3.02. The van der Waals surface area contributed by atoms with E-state index in [0.717, 1.165) is 32.5 Å². The van der Waals surface area contributed by atoms with Crippen molar-refractivity contribution in [1.82, 2.24) is 15.0 Å². The Bertz CT molecular complexity index is 369. The number of hydrogen-bond acceptors (Lipinski definition) is 5. The Morgan fingerprint density at radius 3 is 2.75 bits per heavy atom. The van der Waals surface area contributed by atoms with Crippen molar-refractivity contribution in [3.63, 3.8) is 0 Å². The molecule has 16 heavy (non-hydrogen) atoms. The molecule has 1 aromatic rings. The van der Waals surface area contributed by atoms with Crippen molar-refractivity contribution in [2.24, 2.45) is 0 Å². The molecular weight excluding hydrogens is 210 g/mol. The Kier molecular flexibility index (Phi) is 3.19. The molecule has 0 unspecified atom stereocenters. The fourth-order valence-electron chi connectivity index (χ4n) is 1.98. The predicted octanol–water partition coefficient (Wildman–Crippen LogP) is 0.967. The lowest BCUT2D eigenvalue weighted by atomic mass is 9.97. The highest BCUT2D eigenvalue weighted by Gasteiger charge is 2.25. The molecule has 0 saturated carbocycles. The lowest BCUT2D eigenvalue weighted by Gasteiger charge is -2.28.